The predicted octanol–water partition coefficient (Wildman–Crippen LogP) is 6.78. The number of carboxylic acids is 1. The van der Waals surface area contributed by atoms with E-state index in [1.165, 1.54) is 6.07 Å². The normalized spacial score (nSPS) is 13.8. The van der Waals surface area contributed by atoms with Gasteiger partial charge in [-0.3, -0.25) is 4.68 Å². The summed E-state index contributed by atoms with van der Waals surface area (Å²) in [7, 11) is 1.82. The first kappa shape index (κ1) is 27.2. The first-order chi connectivity index (χ1) is 18.7. The predicted molar refractivity (Wildman–Crippen MR) is 149 cm³/mol. The van der Waals surface area contributed by atoms with Crippen molar-refractivity contribution in [1.82, 2.24) is 14.3 Å². The maximum Gasteiger partial charge on any atom is 0.352 e. The fourth-order valence-electron chi connectivity index (χ4n) is 5.72. The van der Waals surface area contributed by atoms with E-state index in [0.717, 1.165) is 39.4 Å². The van der Waals surface area contributed by atoms with Crippen molar-refractivity contribution < 1.29 is 23.8 Å². The quantitative estimate of drug-likeness (QED) is 0.266. The van der Waals surface area contributed by atoms with Crippen LogP contribution in [0, 0.1) is 26.6 Å². The number of halogens is 2. The molecule has 0 saturated heterocycles. The average Bonchev–Trinajstić information content (AvgIpc) is 3.33. The summed E-state index contributed by atoms with van der Waals surface area (Å²) in [4.78, 5) is 12.7. The molecule has 0 spiro atoms. The Kier molecular flexibility index (Phi) is 7.69. The number of fused-ring (bicyclic) bond motifs is 2. The van der Waals surface area contributed by atoms with Gasteiger partial charge in [0.05, 0.1) is 30.1 Å². The van der Waals surface area contributed by atoms with Crippen molar-refractivity contribution in [3.05, 3.63) is 68.9 Å². The van der Waals surface area contributed by atoms with Crippen molar-refractivity contribution >= 4 is 28.5 Å². The molecule has 1 aliphatic heterocycles. The number of hydrogen-bond donors (Lipinski definition) is 1. The van der Waals surface area contributed by atoms with Crippen LogP contribution < -0.4 is 4.74 Å². The maximum atomic E-state index is 15.7. The number of rotatable bonds is 6. The molecule has 0 radical (unpaired) electrons. The topological polar surface area (TPSA) is 78.5 Å². The van der Waals surface area contributed by atoms with Crippen LogP contribution in [-0.4, -0.2) is 38.6 Å². The fraction of sp³-hybridized carbons (Fsp3) is 0.400. The fourth-order valence-corrected chi connectivity index (χ4v) is 5.83. The van der Waals surface area contributed by atoms with Crippen LogP contribution in [0.1, 0.15) is 57.8 Å². The first-order valence-corrected chi connectivity index (χ1v) is 13.6. The number of carboxylic acid groups (broad SMARTS) is 1. The third kappa shape index (κ3) is 5.03. The lowest BCUT2D eigenvalue weighted by atomic mass is 9.97. The van der Waals surface area contributed by atoms with Crippen molar-refractivity contribution in [3.63, 3.8) is 0 Å². The number of aromatic nitrogens is 3. The highest BCUT2D eigenvalue weighted by Gasteiger charge is 2.29. The van der Waals surface area contributed by atoms with Gasteiger partial charge in [0.2, 0.25) is 0 Å². The molecule has 0 fully saturated rings. The van der Waals surface area contributed by atoms with E-state index in [2.05, 4.69) is 5.10 Å². The molecular formula is C30H33ClFN3O4. The van der Waals surface area contributed by atoms with Gasteiger partial charge in [0.15, 0.2) is 0 Å². The van der Waals surface area contributed by atoms with Gasteiger partial charge in [0, 0.05) is 41.7 Å². The van der Waals surface area contributed by atoms with Crippen LogP contribution >= 0.6 is 11.6 Å². The molecule has 9 heteroatoms. The summed E-state index contributed by atoms with van der Waals surface area (Å²) in [6.07, 6.45) is 2.55. The average molecular weight is 554 g/mol. The van der Waals surface area contributed by atoms with Gasteiger partial charge < -0.3 is 19.1 Å². The van der Waals surface area contributed by atoms with E-state index in [1.807, 2.05) is 40.0 Å². The van der Waals surface area contributed by atoms with Crippen LogP contribution in [0.15, 0.2) is 24.3 Å². The third-order valence-corrected chi connectivity index (χ3v) is 8.08. The van der Waals surface area contributed by atoms with Crippen molar-refractivity contribution in [2.75, 3.05) is 13.2 Å². The Bertz CT molecular complexity index is 1550. The first-order valence-electron chi connectivity index (χ1n) is 13.3. The van der Waals surface area contributed by atoms with Crippen molar-refractivity contribution in [2.45, 2.75) is 59.6 Å². The lowest BCUT2D eigenvalue weighted by Crippen LogP contribution is -2.12. The number of aryl methyl sites for hydroxylation is 6. The second kappa shape index (κ2) is 11.0. The van der Waals surface area contributed by atoms with Gasteiger partial charge in [0.25, 0.3) is 0 Å². The third-order valence-electron chi connectivity index (χ3n) is 7.48. The molecule has 4 aromatic rings. The van der Waals surface area contributed by atoms with Gasteiger partial charge in [-0.15, -0.1) is 0 Å². The molecule has 0 bridgehead atoms. The molecule has 0 unspecified atom stereocenters. The minimum Gasteiger partial charge on any atom is -0.494 e. The van der Waals surface area contributed by atoms with Crippen LogP contribution in [0.4, 0.5) is 4.39 Å². The lowest BCUT2D eigenvalue weighted by Gasteiger charge is -2.13. The Morgan fingerprint density at radius 2 is 1.92 bits per heavy atom. The van der Waals surface area contributed by atoms with Gasteiger partial charge in [-0.25, -0.2) is 9.18 Å². The molecule has 1 aliphatic rings. The monoisotopic (exact) mass is 553 g/mol. The van der Waals surface area contributed by atoms with E-state index in [1.54, 1.807) is 15.3 Å². The molecule has 1 N–H and O–H groups in total. The SMILES string of the molecule is Cc1cc(OCCCc2c(C(=O)O)n3c4c(c(F)ccc24)-c2c(C)nn(C)c2COCCCC3)cc(C)c1Cl. The second-order valence-electron chi connectivity index (χ2n) is 10.2. The Hall–Kier alpha value is -3.36. The zero-order chi connectivity index (χ0) is 27.8. The molecule has 2 aromatic heterocycles. The summed E-state index contributed by atoms with van der Waals surface area (Å²) in [6, 6.07) is 6.95. The maximum absolute atomic E-state index is 15.7. The molecule has 0 saturated carbocycles. The molecule has 7 nitrogen and oxygen atoms in total. The van der Waals surface area contributed by atoms with Gasteiger partial charge in [-0.05, 0) is 87.4 Å². The van der Waals surface area contributed by atoms with E-state index in [0.29, 0.717) is 73.5 Å². The number of nitrogens with zero attached hydrogens (tertiary/aromatic N) is 3. The largest absolute Gasteiger partial charge is 0.494 e. The standard InChI is InChI=1S/C30H33ClFN3O4/c1-17-14-20(15-18(2)27(17)31)39-13-7-8-21-22-9-10-23(32)26-25-19(3)33-34(4)24(25)16-38-12-6-5-11-35(28(22)26)29(21)30(36)37/h9-10,14-15H,5-8,11-13,16H2,1-4H3,(H,36,37). The smallest absolute Gasteiger partial charge is 0.352 e. The van der Waals surface area contributed by atoms with E-state index < -0.39 is 11.8 Å². The number of benzene rings is 2. The van der Waals surface area contributed by atoms with Gasteiger partial charge >= 0.3 is 5.97 Å². The lowest BCUT2D eigenvalue weighted by molar-refractivity contribution is 0.0683. The Morgan fingerprint density at radius 3 is 2.64 bits per heavy atom. The summed E-state index contributed by atoms with van der Waals surface area (Å²) in [5.74, 6) is -0.694. The zero-order valence-electron chi connectivity index (χ0n) is 22.7. The van der Waals surface area contributed by atoms with Gasteiger partial charge in [-0.1, -0.05) is 11.6 Å². The minimum atomic E-state index is -1.02. The highest BCUT2D eigenvalue weighted by atomic mass is 35.5. The molecule has 0 amide bonds. The number of carbonyl (C=O) groups is 1. The second-order valence-corrected chi connectivity index (χ2v) is 10.6. The number of aromatic carboxylic acids is 1. The van der Waals surface area contributed by atoms with E-state index >= 15 is 4.39 Å². The Morgan fingerprint density at radius 1 is 1.18 bits per heavy atom. The molecule has 0 atom stereocenters. The molecule has 206 valence electrons. The molecular weight excluding hydrogens is 521 g/mol. The van der Waals surface area contributed by atoms with Crippen LogP contribution in [-0.2, 0) is 31.4 Å². The molecule has 0 aliphatic carbocycles. The van der Waals surface area contributed by atoms with Crippen molar-refractivity contribution in [1.29, 1.82) is 0 Å². The zero-order valence-corrected chi connectivity index (χ0v) is 23.5. The highest BCUT2D eigenvalue weighted by molar-refractivity contribution is 6.32. The summed E-state index contributed by atoms with van der Waals surface area (Å²) >= 11 is 6.28. The number of ether oxygens (including phenoxy) is 2. The summed E-state index contributed by atoms with van der Waals surface area (Å²) in [5, 5.41) is 16.4. The highest BCUT2D eigenvalue weighted by Crippen LogP contribution is 2.40. The Balaban J connectivity index is 1.59. The number of hydrogen-bond acceptors (Lipinski definition) is 4. The van der Waals surface area contributed by atoms with E-state index in [4.69, 9.17) is 21.1 Å². The van der Waals surface area contributed by atoms with Gasteiger partial charge in [0.1, 0.15) is 17.3 Å². The molecule has 39 heavy (non-hydrogen) atoms. The molecule has 2 aromatic carbocycles. The molecule has 3 heterocycles. The van der Waals surface area contributed by atoms with Crippen LogP contribution in [0.2, 0.25) is 5.02 Å². The van der Waals surface area contributed by atoms with E-state index in [-0.39, 0.29) is 5.69 Å². The molecule has 5 rings (SSSR count). The van der Waals surface area contributed by atoms with Crippen molar-refractivity contribution in [3.8, 4) is 16.9 Å². The summed E-state index contributed by atoms with van der Waals surface area (Å²) < 4.78 is 31.1. The van der Waals surface area contributed by atoms with Gasteiger partial charge in [-0.2, -0.15) is 5.10 Å². The Labute approximate surface area is 232 Å². The van der Waals surface area contributed by atoms with Crippen LogP contribution in [0.25, 0.3) is 22.0 Å². The van der Waals surface area contributed by atoms with Crippen LogP contribution in [0.3, 0.4) is 0 Å². The summed E-state index contributed by atoms with van der Waals surface area (Å²) in [6.45, 7) is 7.42. The van der Waals surface area contributed by atoms with Crippen LogP contribution in [0.5, 0.6) is 5.75 Å². The van der Waals surface area contributed by atoms with Crippen molar-refractivity contribution in [2.24, 2.45) is 7.05 Å². The summed E-state index contributed by atoms with van der Waals surface area (Å²) in [5.41, 5.74) is 5.90. The van der Waals surface area contributed by atoms with E-state index in [9.17, 15) is 9.90 Å². The minimum absolute atomic E-state index is 0.207.